The van der Waals surface area contributed by atoms with Gasteiger partial charge in [0, 0.05) is 0 Å². The molecule has 21 heavy (non-hydrogen) atoms. The molecule has 3 heteroatoms. The van der Waals surface area contributed by atoms with Crippen molar-refractivity contribution in [1.29, 1.82) is 0 Å². The van der Waals surface area contributed by atoms with Gasteiger partial charge < -0.3 is 10.2 Å². The summed E-state index contributed by atoms with van der Waals surface area (Å²) in [6.45, 7) is 8.42. The van der Waals surface area contributed by atoms with Gasteiger partial charge in [0.2, 0.25) is 0 Å². The van der Waals surface area contributed by atoms with Crippen LogP contribution in [0.15, 0.2) is 48.5 Å². The Kier molecular flexibility index (Phi) is 5.53. The summed E-state index contributed by atoms with van der Waals surface area (Å²) < 4.78 is 0. The van der Waals surface area contributed by atoms with E-state index in [1.165, 1.54) is 5.56 Å². The second-order valence-electron chi connectivity index (χ2n) is 5.98. The first-order chi connectivity index (χ1) is 9.70. The zero-order valence-corrected chi connectivity index (χ0v) is 12.9. The lowest BCUT2D eigenvalue weighted by atomic mass is 9.86. The molecule has 2 N–H and O–H groups in total. The Morgan fingerprint density at radius 2 is 1.57 bits per heavy atom. The smallest absolute Gasteiger partial charge is 0.335 e. The first kappa shape index (κ1) is 16.8. The van der Waals surface area contributed by atoms with Crippen LogP contribution in [0.25, 0.3) is 0 Å². The van der Waals surface area contributed by atoms with Crippen molar-refractivity contribution in [2.75, 3.05) is 0 Å². The van der Waals surface area contributed by atoms with Gasteiger partial charge in [-0.15, -0.1) is 0 Å². The molecular weight excluding hydrogens is 264 g/mol. The number of aromatic hydroxyl groups is 1. The highest BCUT2D eigenvalue weighted by Gasteiger charge is 2.14. The highest BCUT2D eigenvalue weighted by atomic mass is 16.4. The van der Waals surface area contributed by atoms with Gasteiger partial charge in [-0.25, -0.2) is 4.79 Å². The standard InChI is InChI=1S/C11H16O.C7H6O2/c1-8-5-9(11(2,3)4)7-10(12)6-8;8-7(9)6-4-2-1-3-5-6/h5-7,12H,1-4H3;1-5H,(H,8,9). The van der Waals surface area contributed by atoms with Gasteiger partial charge in [-0.2, -0.15) is 0 Å². The van der Waals surface area contributed by atoms with Crippen molar-refractivity contribution < 1.29 is 15.0 Å². The fraction of sp³-hybridized carbons (Fsp3) is 0.278. The third-order valence-corrected chi connectivity index (χ3v) is 2.95. The lowest BCUT2D eigenvalue weighted by molar-refractivity contribution is 0.0697. The molecule has 0 fully saturated rings. The van der Waals surface area contributed by atoms with Crippen molar-refractivity contribution in [3.05, 3.63) is 65.2 Å². The van der Waals surface area contributed by atoms with Crippen molar-refractivity contribution in [2.45, 2.75) is 33.1 Å². The molecule has 2 rings (SSSR count). The molecule has 0 spiro atoms. The van der Waals surface area contributed by atoms with Crippen LogP contribution in [0.2, 0.25) is 0 Å². The molecule has 2 aromatic rings. The summed E-state index contributed by atoms with van der Waals surface area (Å²) in [5, 5.41) is 17.7. The number of carboxylic acid groups (broad SMARTS) is 1. The number of aromatic carboxylic acids is 1. The lowest BCUT2D eigenvalue weighted by Crippen LogP contribution is -2.10. The zero-order chi connectivity index (χ0) is 16.0. The Balaban J connectivity index is 0.000000219. The Bertz CT molecular complexity index is 575. The van der Waals surface area contributed by atoms with Crippen LogP contribution in [0.4, 0.5) is 0 Å². The predicted molar refractivity (Wildman–Crippen MR) is 84.9 cm³/mol. The lowest BCUT2D eigenvalue weighted by Gasteiger charge is -2.19. The molecule has 3 nitrogen and oxygen atoms in total. The van der Waals surface area contributed by atoms with E-state index >= 15 is 0 Å². The number of carboxylic acids is 1. The Labute approximate surface area is 125 Å². The predicted octanol–water partition coefficient (Wildman–Crippen LogP) is 4.38. The molecule has 0 aromatic heterocycles. The van der Waals surface area contributed by atoms with E-state index in [2.05, 4.69) is 26.8 Å². The number of aryl methyl sites for hydroxylation is 1. The molecule has 0 saturated carbocycles. The fourth-order valence-corrected chi connectivity index (χ4v) is 1.78. The van der Waals surface area contributed by atoms with Gasteiger partial charge >= 0.3 is 5.97 Å². The average molecular weight is 286 g/mol. The van der Waals surface area contributed by atoms with E-state index in [9.17, 15) is 9.90 Å². The van der Waals surface area contributed by atoms with E-state index in [4.69, 9.17) is 5.11 Å². The summed E-state index contributed by atoms with van der Waals surface area (Å²) >= 11 is 0. The summed E-state index contributed by atoms with van der Waals surface area (Å²) in [6.07, 6.45) is 0. The summed E-state index contributed by atoms with van der Waals surface area (Å²) in [4.78, 5) is 10.2. The SMILES string of the molecule is Cc1cc(O)cc(C(C)(C)C)c1.O=C(O)c1ccccc1. The van der Waals surface area contributed by atoms with Gasteiger partial charge in [-0.3, -0.25) is 0 Å². The Morgan fingerprint density at radius 3 is 1.95 bits per heavy atom. The number of hydrogen-bond donors (Lipinski definition) is 2. The molecule has 0 heterocycles. The van der Waals surface area contributed by atoms with Crippen LogP contribution >= 0.6 is 0 Å². The maximum absolute atomic E-state index is 10.2. The third kappa shape index (κ3) is 5.69. The van der Waals surface area contributed by atoms with E-state index in [0.717, 1.165) is 5.56 Å². The average Bonchev–Trinajstić information content (AvgIpc) is 2.38. The number of hydrogen-bond acceptors (Lipinski definition) is 2. The minimum atomic E-state index is -0.879. The van der Waals surface area contributed by atoms with E-state index < -0.39 is 5.97 Å². The Morgan fingerprint density at radius 1 is 1.00 bits per heavy atom. The summed E-state index contributed by atoms with van der Waals surface area (Å²) in [5.41, 5.74) is 2.74. The van der Waals surface area contributed by atoms with Crippen LogP contribution in [-0.2, 0) is 5.41 Å². The highest BCUT2D eigenvalue weighted by molar-refractivity contribution is 5.87. The first-order valence-corrected chi connectivity index (χ1v) is 6.79. The zero-order valence-electron chi connectivity index (χ0n) is 12.9. The molecule has 0 unspecified atom stereocenters. The summed E-state index contributed by atoms with van der Waals surface area (Å²) in [7, 11) is 0. The topological polar surface area (TPSA) is 57.5 Å². The van der Waals surface area contributed by atoms with Gasteiger partial charge in [0.15, 0.2) is 0 Å². The molecule has 0 radical (unpaired) electrons. The first-order valence-electron chi connectivity index (χ1n) is 6.79. The third-order valence-electron chi connectivity index (χ3n) is 2.95. The second kappa shape index (κ2) is 6.93. The monoisotopic (exact) mass is 286 g/mol. The molecular formula is C18H22O3. The van der Waals surface area contributed by atoms with Gasteiger partial charge in [-0.05, 0) is 47.7 Å². The summed E-state index contributed by atoms with van der Waals surface area (Å²) in [5.74, 6) is -0.518. The molecule has 2 aromatic carbocycles. The second-order valence-corrected chi connectivity index (χ2v) is 5.98. The quantitative estimate of drug-likeness (QED) is 0.817. The van der Waals surface area contributed by atoms with Crippen molar-refractivity contribution in [3.8, 4) is 5.75 Å². The maximum atomic E-state index is 10.2. The number of phenolic OH excluding ortho intramolecular Hbond substituents is 1. The molecule has 0 aliphatic heterocycles. The van der Waals surface area contributed by atoms with Crippen LogP contribution in [0.1, 0.15) is 42.3 Å². The van der Waals surface area contributed by atoms with Crippen LogP contribution in [-0.4, -0.2) is 16.2 Å². The van der Waals surface area contributed by atoms with Gasteiger partial charge in [-0.1, -0.05) is 45.0 Å². The normalized spacial score (nSPS) is 10.5. The van der Waals surface area contributed by atoms with Gasteiger partial charge in [0.1, 0.15) is 5.75 Å². The largest absolute Gasteiger partial charge is 0.508 e. The molecule has 0 aliphatic carbocycles. The molecule has 0 amide bonds. The van der Waals surface area contributed by atoms with Crippen molar-refractivity contribution in [1.82, 2.24) is 0 Å². The molecule has 0 aliphatic rings. The number of benzene rings is 2. The van der Waals surface area contributed by atoms with Gasteiger partial charge in [0.05, 0.1) is 5.56 Å². The van der Waals surface area contributed by atoms with Gasteiger partial charge in [0.25, 0.3) is 0 Å². The molecule has 0 bridgehead atoms. The van der Waals surface area contributed by atoms with Crippen LogP contribution < -0.4 is 0 Å². The van der Waals surface area contributed by atoms with E-state index in [-0.39, 0.29) is 5.41 Å². The number of carbonyl (C=O) groups is 1. The minimum absolute atomic E-state index is 0.115. The summed E-state index contributed by atoms with van der Waals surface area (Å²) in [6, 6.07) is 14.0. The van der Waals surface area contributed by atoms with Crippen molar-refractivity contribution >= 4 is 5.97 Å². The van der Waals surface area contributed by atoms with Crippen LogP contribution in [0.3, 0.4) is 0 Å². The number of phenols is 1. The number of rotatable bonds is 1. The Hall–Kier alpha value is -2.29. The maximum Gasteiger partial charge on any atom is 0.335 e. The van der Waals surface area contributed by atoms with E-state index in [1.807, 2.05) is 13.0 Å². The fourth-order valence-electron chi connectivity index (χ4n) is 1.78. The molecule has 112 valence electrons. The van der Waals surface area contributed by atoms with Crippen LogP contribution in [0, 0.1) is 6.92 Å². The molecule has 0 saturated heterocycles. The minimum Gasteiger partial charge on any atom is -0.508 e. The van der Waals surface area contributed by atoms with Crippen molar-refractivity contribution in [2.24, 2.45) is 0 Å². The highest BCUT2D eigenvalue weighted by Crippen LogP contribution is 2.26. The van der Waals surface area contributed by atoms with Crippen molar-refractivity contribution in [3.63, 3.8) is 0 Å². The van der Waals surface area contributed by atoms with E-state index in [0.29, 0.717) is 11.3 Å². The van der Waals surface area contributed by atoms with Crippen LogP contribution in [0.5, 0.6) is 5.75 Å². The molecule has 0 atom stereocenters. The van der Waals surface area contributed by atoms with E-state index in [1.54, 1.807) is 36.4 Å².